The smallest absolute Gasteiger partial charge is 0.137 e. The van der Waals surface area contributed by atoms with Crippen LogP contribution in [-0.4, -0.2) is 18.3 Å². The van der Waals surface area contributed by atoms with Gasteiger partial charge in [-0.2, -0.15) is 0 Å². The van der Waals surface area contributed by atoms with E-state index in [2.05, 4.69) is 0 Å². The molecule has 0 aliphatic heterocycles. The first kappa shape index (κ1) is 14.3. The number of rotatable bonds is 6. The molecular weight excluding hydrogens is 238 g/mol. The molecule has 4 heteroatoms. The first-order valence-electron chi connectivity index (χ1n) is 5.92. The van der Waals surface area contributed by atoms with Gasteiger partial charge in [0, 0.05) is 18.6 Å². The maximum Gasteiger partial charge on any atom is 0.137 e. The Balaban J connectivity index is 2.88. The van der Waals surface area contributed by atoms with Crippen molar-refractivity contribution in [1.29, 1.82) is 0 Å². The quantitative estimate of drug-likeness (QED) is 0.824. The maximum absolute atomic E-state index is 9.23. The van der Waals surface area contributed by atoms with Crippen molar-refractivity contribution in [2.75, 3.05) is 13.2 Å². The van der Waals surface area contributed by atoms with Crippen LogP contribution in [0, 0.1) is 5.92 Å². The van der Waals surface area contributed by atoms with Gasteiger partial charge in [0.15, 0.2) is 0 Å². The molecule has 1 rings (SSSR count). The molecule has 2 atom stereocenters. The molecule has 96 valence electrons. The lowest BCUT2D eigenvalue weighted by Gasteiger charge is -2.21. The van der Waals surface area contributed by atoms with Crippen LogP contribution in [0.2, 0.25) is 5.02 Å². The lowest BCUT2D eigenvalue weighted by Crippen LogP contribution is -2.23. The fraction of sp³-hybridized carbons (Fsp3) is 0.538. The molecule has 17 heavy (non-hydrogen) atoms. The summed E-state index contributed by atoms with van der Waals surface area (Å²) in [7, 11) is 0. The van der Waals surface area contributed by atoms with Crippen LogP contribution in [0.15, 0.2) is 18.2 Å². The minimum absolute atomic E-state index is 0.0593. The van der Waals surface area contributed by atoms with E-state index < -0.39 is 0 Å². The van der Waals surface area contributed by atoms with E-state index in [4.69, 9.17) is 22.1 Å². The maximum atomic E-state index is 9.23. The second kappa shape index (κ2) is 6.84. The Hall–Kier alpha value is -0.770. The molecule has 0 fully saturated rings. The van der Waals surface area contributed by atoms with Crippen LogP contribution >= 0.6 is 11.6 Å². The molecule has 0 bridgehead atoms. The van der Waals surface area contributed by atoms with Gasteiger partial charge in [0.05, 0.1) is 11.6 Å². The van der Waals surface area contributed by atoms with Crippen LogP contribution < -0.4 is 10.5 Å². The highest BCUT2D eigenvalue weighted by atomic mass is 35.5. The molecule has 0 aliphatic rings. The standard InChI is InChI=1S/C13H20ClNO2/c1-3-9(8-16)13(15)10-5-6-12(17-4-2)11(14)7-10/h5-7,9,13,16H,3-4,8,15H2,1-2H3. The first-order valence-corrected chi connectivity index (χ1v) is 6.30. The topological polar surface area (TPSA) is 55.5 Å². The highest BCUT2D eigenvalue weighted by molar-refractivity contribution is 6.32. The Morgan fingerprint density at radius 2 is 2.12 bits per heavy atom. The second-order valence-corrected chi connectivity index (χ2v) is 4.41. The normalized spacial score (nSPS) is 14.4. The van der Waals surface area contributed by atoms with Gasteiger partial charge < -0.3 is 15.6 Å². The Kier molecular flexibility index (Phi) is 5.75. The molecule has 0 heterocycles. The first-order chi connectivity index (χ1) is 8.13. The lowest BCUT2D eigenvalue weighted by molar-refractivity contribution is 0.200. The summed E-state index contributed by atoms with van der Waals surface area (Å²) in [5.41, 5.74) is 7.02. The third kappa shape index (κ3) is 3.60. The van der Waals surface area contributed by atoms with Crippen LogP contribution in [0.5, 0.6) is 5.75 Å². The number of aliphatic hydroxyl groups excluding tert-OH is 1. The van der Waals surface area contributed by atoms with Gasteiger partial charge in [-0.15, -0.1) is 0 Å². The summed E-state index contributed by atoms with van der Waals surface area (Å²) >= 11 is 6.10. The van der Waals surface area contributed by atoms with Crippen molar-refractivity contribution in [2.24, 2.45) is 11.7 Å². The Bertz CT molecular complexity index is 353. The van der Waals surface area contributed by atoms with Crippen LogP contribution in [-0.2, 0) is 0 Å². The fourth-order valence-corrected chi connectivity index (χ4v) is 2.01. The molecule has 0 aromatic heterocycles. The SMILES string of the molecule is CCOc1ccc(C(N)C(CC)CO)cc1Cl. The highest BCUT2D eigenvalue weighted by Gasteiger charge is 2.18. The van der Waals surface area contributed by atoms with E-state index in [1.54, 1.807) is 0 Å². The summed E-state index contributed by atoms with van der Waals surface area (Å²) in [4.78, 5) is 0. The van der Waals surface area contributed by atoms with E-state index in [9.17, 15) is 5.11 Å². The molecule has 3 N–H and O–H groups in total. The van der Waals surface area contributed by atoms with Crippen molar-refractivity contribution < 1.29 is 9.84 Å². The van der Waals surface area contributed by atoms with Gasteiger partial charge >= 0.3 is 0 Å². The predicted molar refractivity (Wildman–Crippen MR) is 70.4 cm³/mol. The van der Waals surface area contributed by atoms with Gasteiger partial charge in [0.25, 0.3) is 0 Å². The van der Waals surface area contributed by atoms with E-state index in [0.29, 0.717) is 17.4 Å². The van der Waals surface area contributed by atoms with Gasteiger partial charge in [-0.3, -0.25) is 0 Å². The van der Waals surface area contributed by atoms with Crippen LogP contribution in [0.25, 0.3) is 0 Å². The minimum atomic E-state index is -0.196. The molecule has 1 aromatic rings. The van der Waals surface area contributed by atoms with Crippen molar-refractivity contribution in [3.8, 4) is 5.75 Å². The van der Waals surface area contributed by atoms with E-state index in [1.165, 1.54) is 0 Å². The fourth-order valence-electron chi connectivity index (χ4n) is 1.77. The molecule has 0 amide bonds. The number of benzene rings is 1. The van der Waals surface area contributed by atoms with Gasteiger partial charge in [0.1, 0.15) is 5.75 Å². The Labute approximate surface area is 108 Å². The number of hydrogen-bond donors (Lipinski definition) is 2. The molecule has 0 spiro atoms. The molecule has 1 aromatic carbocycles. The average Bonchev–Trinajstić information content (AvgIpc) is 2.33. The Morgan fingerprint density at radius 3 is 2.59 bits per heavy atom. The van der Waals surface area contributed by atoms with Crippen molar-refractivity contribution in [3.05, 3.63) is 28.8 Å². The van der Waals surface area contributed by atoms with Crippen molar-refractivity contribution in [1.82, 2.24) is 0 Å². The number of hydrogen-bond acceptors (Lipinski definition) is 3. The highest BCUT2D eigenvalue weighted by Crippen LogP contribution is 2.30. The van der Waals surface area contributed by atoms with Crippen LogP contribution in [0.4, 0.5) is 0 Å². The molecule has 3 nitrogen and oxygen atoms in total. The Morgan fingerprint density at radius 1 is 1.41 bits per heavy atom. The van der Waals surface area contributed by atoms with Crippen molar-refractivity contribution >= 4 is 11.6 Å². The number of nitrogens with two attached hydrogens (primary N) is 1. The summed E-state index contributed by atoms with van der Waals surface area (Å²) in [6.45, 7) is 4.59. The van der Waals surface area contributed by atoms with Crippen molar-refractivity contribution in [2.45, 2.75) is 26.3 Å². The summed E-state index contributed by atoms with van der Waals surface area (Å²) in [6, 6.07) is 5.35. The summed E-state index contributed by atoms with van der Waals surface area (Å²) in [6.07, 6.45) is 0.836. The molecule has 0 radical (unpaired) electrons. The number of aliphatic hydroxyl groups is 1. The van der Waals surface area contributed by atoms with Gasteiger partial charge in [-0.25, -0.2) is 0 Å². The third-order valence-electron chi connectivity index (χ3n) is 2.91. The largest absolute Gasteiger partial charge is 0.492 e. The number of ether oxygens (including phenoxy) is 1. The van der Waals surface area contributed by atoms with E-state index in [-0.39, 0.29) is 18.6 Å². The summed E-state index contributed by atoms with van der Waals surface area (Å²) in [5.74, 6) is 0.728. The molecule has 0 saturated carbocycles. The van der Waals surface area contributed by atoms with E-state index in [0.717, 1.165) is 12.0 Å². The van der Waals surface area contributed by atoms with E-state index >= 15 is 0 Å². The zero-order valence-corrected chi connectivity index (χ0v) is 11.1. The zero-order chi connectivity index (χ0) is 12.8. The molecule has 2 unspecified atom stereocenters. The molecule has 0 aliphatic carbocycles. The van der Waals surface area contributed by atoms with Crippen LogP contribution in [0.3, 0.4) is 0 Å². The monoisotopic (exact) mass is 257 g/mol. The second-order valence-electron chi connectivity index (χ2n) is 4.00. The van der Waals surface area contributed by atoms with Gasteiger partial charge in [0.2, 0.25) is 0 Å². The summed E-state index contributed by atoms with van der Waals surface area (Å²) < 4.78 is 5.36. The minimum Gasteiger partial charge on any atom is -0.492 e. The lowest BCUT2D eigenvalue weighted by atomic mass is 9.92. The third-order valence-corrected chi connectivity index (χ3v) is 3.20. The van der Waals surface area contributed by atoms with E-state index in [1.807, 2.05) is 32.0 Å². The van der Waals surface area contributed by atoms with Crippen LogP contribution in [0.1, 0.15) is 31.9 Å². The van der Waals surface area contributed by atoms with Gasteiger partial charge in [-0.05, 0) is 31.0 Å². The average molecular weight is 258 g/mol. The summed E-state index contributed by atoms with van der Waals surface area (Å²) in [5, 5.41) is 9.79. The molecule has 0 saturated heterocycles. The predicted octanol–water partition coefficient (Wildman–Crippen LogP) is 2.76. The number of halogens is 1. The van der Waals surface area contributed by atoms with Gasteiger partial charge in [-0.1, -0.05) is 24.6 Å². The molecular formula is C13H20ClNO2. The van der Waals surface area contributed by atoms with Crippen molar-refractivity contribution in [3.63, 3.8) is 0 Å². The zero-order valence-electron chi connectivity index (χ0n) is 10.3.